The van der Waals surface area contributed by atoms with Crippen molar-refractivity contribution in [2.45, 2.75) is 130 Å². The molecule has 256 valence electrons. The van der Waals surface area contributed by atoms with E-state index in [1.165, 1.54) is 0 Å². The van der Waals surface area contributed by atoms with Crippen LogP contribution in [0.25, 0.3) is 0 Å². The Morgan fingerprint density at radius 2 is 0.841 bits per heavy atom. The van der Waals surface area contributed by atoms with E-state index in [9.17, 15) is 33.6 Å². The van der Waals surface area contributed by atoms with Gasteiger partial charge in [-0.1, -0.05) is 96.9 Å². The highest BCUT2D eigenvalue weighted by atomic mass is 16.5. The summed E-state index contributed by atoms with van der Waals surface area (Å²) in [6.45, 7) is 27.4. The number of rotatable bonds is 18. The van der Waals surface area contributed by atoms with Crippen LogP contribution in [-0.4, -0.2) is 47.3 Å². The third-order valence-corrected chi connectivity index (χ3v) is 7.27. The molecule has 0 saturated carbocycles. The highest BCUT2D eigenvalue weighted by Crippen LogP contribution is 2.22. The van der Waals surface area contributed by atoms with Crippen molar-refractivity contribution in [1.29, 1.82) is 0 Å². The zero-order valence-electron chi connectivity index (χ0n) is 30.5. The lowest BCUT2D eigenvalue weighted by molar-refractivity contribution is -0.157. The van der Waals surface area contributed by atoms with Crippen LogP contribution in [0.1, 0.15) is 130 Å². The van der Waals surface area contributed by atoms with E-state index in [1.54, 1.807) is 41.5 Å². The van der Waals surface area contributed by atoms with Gasteiger partial charge in [-0.15, -0.1) is 0 Å². The van der Waals surface area contributed by atoms with Gasteiger partial charge in [0.15, 0.2) is 0 Å². The van der Waals surface area contributed by atoms with Crippen LogP contribution in [0.2, 0.25) is 0 Å². The molecule has 0 aliphatic rings. The molecule has 0 saturated heterocycles. The van der Waals surface area contributed by atoms with Crippen LogP contribution in [0.5, 0.6) is 0 Å². The van der Waals surface area contributed by atoms with Crippen LogP contribution in [0.15, 0.2) is 0 Å². The largest absolute Gasteiger partial charge is 0.465 e. The molecular formula is C36H64O8. The maximum Gasteiger partial charge on any atom is 0.317 e. The highest BCUT2D eigenvalue weighted by Gasteiger charge is 2.38. The summed E-state index contributed by atoms with van der Waals surface area (Å²) in [6, 6.07) is 0. The number of esters is 1. The Bertz CT molecular complexity index is 904. The zero-order chi connectivity index (χ0) is 35.5. The maximum absolute atomic E-state index is 12.1. The summed E-state index contributed by atoms with van der Waals surface area (Å²) in [4.78, 5) is 81.0. The minimum Gasteiger partial charge on any atom is -0.465 e. The van der Waals surface area contributed by atoms with E-state index in [0.717, 1.165) is 0 Å². The van der Waals surface area contributed by atoms with E-state index >= 15 is 0 Å². The average molecular weight is 625 g/mol. The molecule has 0 aliphatic heterocycles. The van der Waals surface area contributed by atoms with Crippen molar-refractivity contribution in [2.24, 2.45) is 53.3 Å². The minimum atomic E-state index is -0.972. The van der Waals surface area contributed by atoms with Crippen LogP contribution in [0, 0.1) is 53.3 Å². The Morgan fingerprint density at radius 3 is 1.14 bits per heavy atom. The Kier molecular flexibility index (Phi) is 24.9. The Hall–Kier alpha value is -2.51. The van der Waals surface area contributed by atoms with Gasteiger partial charge < -0.3 is 4.74 Å². The molecule has 0 aromatic heterocycles. The second-order valence-electron chi connectivity index (χ2n) is 13.5. The molecular weight excluding hydrogens is 560 g/mol. The fourth-order valence-electron chi connectivity index (χ4n) is 4.07. The van der Waals surface area contributed by atoms with Gasteiger partial charge in [-0.3, -0.25) is 33.6 Å². The second-order valence-corrected chi connectivity index (χ2v) is 13.5. The fourth-order valence-corrected chi connectivity index (χ4v) is 4.07. The van der Waals surface area contributed by atoms with E-state index in [4.69, 9.17) is 4.74 Å². The minimum absolute atomic E-state index is 0.0370. The van der Waals surface area contributed by atoms with Gasteiger partial charge in [0.05, 0.1) is 6.61 Å². The molecule has 8 nitrogen and oxygen atoms in total. The van der Waals surface area contributed by atoms with Crippen molar-refractivity contribution in [3.63, 3.8) is 0 Å². The number of hydrogen-bond donors (Lipinski definition) is 0. The lowest BCUT2D eigenvalue weighted by Gasteiger charge is -2.23. The van der Waals surface area contributed by atoms with Gasteiger partial charge >= 0.3 is 5.97 Å². The summed E-state index contributed by atoms with van der Waals surface area (Å²) < 4.78 is 4.91. The summed E-state index contributed by atoms with van der Waals surface area (Å²) >= 11 is 0. The number of ether oxygens (including phenoxy) is 1. The maximum atomic E-state index is 12.1. The summed E-state index contributed by atoms with van der Waals surface area (Å²) in [5.74, 6) is -1.91. The molecule has 0 aromatic rings. The topological polar surface area (TPSA) is 129 Å². The van der Waals surface area contributed by atoms with E-state index in [2.05, 4.69) is 0 Å². The van der Waals surface area contributed by atoms with Crippen LogP contribution >= 0.6 is 0 Å². The summed E-state index contributed by atoms with van der Waals surface area (Å²) in [5.41, 5.74) is 0. The molecule has 0 aliphatic carbocycles. The third-order valence-electron chi connectivity index (χ3n) is 7.27. The van der Waals surface area contributed by atoms with Gasteiger partial charge in [0, 0.05) is 66.6 Å². The van der Waals surface area contributed by atoms with Crippen molar-refractivity contribution >= 4 is 40.7 Å². The van der Waals surface area contributed by atoms with Crippen molar-refractivity contribution < 1.29 is 38.3 Å². The predicted octanol–water partition coefficient (Wildman–Crippen LogP) is 7.32. The van der Waals surface area contributed by atoms with E-state index < -0.39 is 17.8 Å². The normalized spacial score (nSPS) is 13.1. The number of carbonyl (C=O) groups is 7. The van der Waals surface area contributed by atoms with E-state index in [1.807, 2.05) is 62.3 Å². The van der Waals surface area contributed by atoms with Gasteiger partial charge in [0.2, 0.25) is 0 Å². The molecule has 0 spiro atoms. The van der Waals surface area contributed by atoms with Gasteiger partial charge in [0.1, 0.15) is 40.6 Å². The number of carbonyl (C=O) groups excluding carboxylic acids is 7. The first-order valence-corrected chi connectivity index (χ1v) is 16.4. The molecule has 8 heteroatoms. The van der Waals surface area contributed by atoms with Crippen LogP contribution < -0.4 is 0 Å². The number of hydrogen-bond acceptors (Lipinski definition) is 8. The molecule has 0 radical (unpaired) electrons. The Morgan fingerprint density at radius 1 is 0.477 bits per heavy atom. The van der Waals surface area contributed by atoms with Crippen LogP contribution in [0.3, 0.4) is 0 Å². The van der Waals surface area contributed by atoms with Gasteiger partial charge in [0.25, 0.3) is 0 Å². The molecule has 0 amide bonds. The predicted molar refractivity (Wildman–Crippen MR) is 176 cm³/mol. The van der Waals surface area contributed by atoms with Crippen molar-refractivity contribution in [1.82, 2.24) is 0 Å². The third kappa shape index (κ3) is 19.7. The molecule has 3 unspecified atom stereocenters. The van der Waals surface area contributed by atoms with Crippen molar-refractivity contribution in [3.05, 3.63) is 0 Å². The average Bonchev–Trinajstić information content (AvgIpc) is 2.92. The quantitative estimate of drug-likeness (QED) is 0.115. The Balaban J connectivity index is -0.000000585. The number of Topliss-reactive ketones (excluding diaryl/α,β-unsaturated/α-hetero) is 6. The van der Waals surface area contributed by atoms with Gasteiger partial charge in [-0.2, -0.15) is 0 Å². The van der Waals surface area contributed by atoms with E-state index in [-0.39, 0.29) is 82.7 Å². The highest BCUT2D eigenvalue weighted by molar-refractivity contribution is 6.04. The van der Waals surface area contributed by atoms with Crippen LogP contribution in [0.4, 0.5) is 0 Å². The van der Waals surface area contributed by atoms with E-state index in [0.29, 0.717) is 25.7 Å². The lowest BCUT2D eigenvalue weighted by Crippen LogP contribution is -2.39. The second kappa shape index (κ2) is 23.8. The molecule has 0 N–H and O–H groups in total. The fraction of sp³-hybridized carbons (Fsp3) is 0.806. The van der Waals surface area contributed by atoms with Crippen molar-refractivity contribution in [2.75, 3.05) is 6.61 Å². The molecule has 3 atom stereocenters. The smallest absolute Gasteiger partial charge is 0.317 e. The molecule has 0 bridgehead atoms. The number of ketones is 6. The van der Waals surface area contributed by atoms with Crippen LogP contribution in [-0.2, 0) is 38.3 Å². The standard InChI is InChI=1S/C14H24O4.2C11H20O2/c1-7-18-14(17)11(13(16)9(4)5)10(6)12(15)8(2)3;1-7(2)10(12)6-9(5)11(13)8(3)4;1-8(2)10(12)6-5-7-11(13)9(3)4/h8-11H,7H2,1-6H3;7-9H,6H2,1-5H3;8-9H,5-7H2,1-4H3. The molecule has 44 heavy (non-hydrogen) atoms. The summed E-state index contributed by atoms with van der Waals surface area (Å²) in [5, 5.41) is 0. The first-order chi connectivity index (χ1) is 20.0. The first-order valence-electron chi connectivity index (χ1n) is 16.4. The van der Waals surface area contributed by atoms with Gasteiger partial charge in [-0.25, -0.2) is 0 Å². The van der Waals surface area contributed by atoms with Crippen molar-refractivity contribution in [3.8, 4) is 0 Å². The SMILES string of the molecule is CC(C)C(=O)CC(C)C(=O)C(C)C.CC(C)C(=O)CCCC(=O)C(C)C.CCOC(=O)C(C(=O)C(C)C)C(C)C(=O)C(C)C. The molecule has 0 rings (SSSR count). The molecule has 0 heterocycles. The van der Waals surface area contributed by atoms with Gasteiger partial charge in [-0.05, 0) is 13.3 Å². The summed E-state index contributed by atoms with van der Waals surface area (Å²) in [6.07, 6.45) is 2.22. The molecule has 0 fully saturated rings. The first kappa shape index (κ1) is 45.9. The molecule has 0 aromatic carbocycles. The Labute approximate surface area is 268 Å². The summed E-state index contributed by atoms with van der Waals surface area (Å²) in [7, 11) is 0. The zero-order valence-corrected chi connectivity index (χ0v) is 30.5. The lowest BCUT2D eigenvalue weighted by atomic mass is 9.80. The monoisotopic (exact) mass is 624 g/mol.